The fourth-order valence-electron chi connectivity index (χ4n) is 3.40. The first-order chi connectivity index (χ1) is 11.8. The van der Waals surface area contributed by atoms with Gasteiger partial charge in [-0.05, 0) is 36.6 Å². The van der Waals surface area contributed by atoms with Crippen LogP contribution in [0.3, 0.4) is 0 Å². The van der Waals surface area contributed by atoms with Crippen molar-refractivity contribution in [2.75, 3.05) is 11.4 Å². The van der Waals surface area contributed by atoms with Gasteiger partial charge in [-0.2, -0.15) is 5.10 Å². The van der Waals surface area contributed by atoms with Crippen molar-refractivity contribution in [3.8, 4) is 5.69 Å². The third-order valence-corrected chi connectivity index (χ3v) is 4.63. The van der Waals surface area contributed by atoms with Gasteiger partial charge >= 0.3 is 0 Å². The lowest BCUT2D eigenvalue weighted by Crippen LogP contribution is -2.32. The van der Waals surface area contributed by atoms with E-state index in [2.05, 4.69) is 34.3 Å². The summed E-state index contributed by atoms with van der Waals surface area (Å²) in [4.78, 5) is 14.0. The topological polar surface area (TPSA) is 38.1 Å². The second-order valence-corrected chi connectivity index (χ2v) is 6.13. The van der Waals surface area contributed by atoms with Crippen molar-refractivity contribution in [1.29, 1.82) is 0 Å². The Labute approximate surface area is 141 Å². The van der Waals surface area contributed by atoms with Crippen molar-refractivity contribution >= 4 is 12.1 Å². The molecule has 0 spiro atoms. The minimum atomic E-state index is 0.679. The van der Waals surface area contributed by atoms with Crippen molar-refractivity contribution in [2.24, 2.45) is 0 Å². The number of nitrogens with zero attached hydrogens (tertiary/aromatic N) is 3. The quantitative estimate of drug-likeness (QED) is 0.693. The fraction of sp³-hybridized carbons (Fsp3) is 0.200. The average molecular weight is 317 g/mol. The molecule has 24 heavy (non-hydrogen) atoms. The van der Waals surface area contributed by atoms with E-state index in [1.807, 2.05) is 41.9 Å². The second-order valence-electron chi connectivity index (χ2n) is 6.13. The van der Waals surface area contributed by atoms with Gasteiger partial charge in [0.25, 0.3) is 0 Å². The van der Waals surface area contributed by atoms with Gasteiger partial charge in [0.05, 0.1) is 16.9 Å². The molecule has 4 rings (SSSR count). The SMILES string of the molecule is Cc1nn(-c2ccccc2)c(N2CCc3ccccc3C2)c1C=O. The smallest absolute Gasteiger partial charge is 0.155 e. The van der Waals surface area contributed by atoms with E-state index in [1.54, 1.807) is 0 Å². The Balaban J connectivity index is 1.82. The highest BCUT2D eigenvalue weighted by atomic mass is 16.1. The molecule has 1 aliphatic heterocycles. The van der Waals surface area contributed by atoms with Crippen LogP contribution in [0, 0.1) is 6.92 Å². The molecule has 1 aromatic heterocycles. The second kappa shape index (κ2) is 5.96. The van der Waals surface area contributed by atoms with E-state index in [9.17, 15) is 4.79 Å². The highest BCUT2D eigenvalue weighted by Gasteiger charge is 2.24. The number of aryl methyl sites for hydroxylation is 1. The fourth-order valence-corrected chi connectivity index (χ4v) is 3.40. The van der Waals surface area contributed by atoms with Crippen LogP contribution in [0.2, 0.25) is 0 Å². The van der Waals surface area contributed by atoms with Crippen LogP contribution in [0.1, 0.15) is 27.2 Å². The van der Waals surface area contributed by atoms with Crippen molar-refractivity contribution in [2.45, 2.75) is 19.9 Å². The van der Waals surface area contributed by atoms with Crippen molar-refractivity contribution < 1.29 is 4.79 Å². The van der Waals surface area contributed by atoms with E-state index in [0.717, 1.165) is 43.0 Å². The Kier molecular flexibility index (Phi) is 3.65. The summed E-state index contributed by atoms with van der Waals surface area (Å²) in [6.07, 6.45) is 1.91. The molecule has 4 nitrogen and oxygen atoms in total. The molecule has 0 fully saturated rings. The number of fused-ring (bicyclic) bond motifs is 1. The summed E-state index contributed by atoms with van der Waals surface area (Å²) >= 11 is 0. The maximum atomic E-state index is 11.7. The molecule has 0 unspecified atom stereocenters. The number of aldehydes is 1. The van der Waals surface area contributed by atoms with E-state index in [0.29, 0.717) is 5.56 Å². The van der Waals surface area contributed by atoms with Gasteiger partial charge in [-0.25, -0.2) is 4.68 Å². The van der Waals surface area contributed by atoms with Crippen LogP contribution in [0.4, 0.5) is 5.82 Å². The first-order valence-electron chi connectivity index (χ1n) is 8.20. The number of rotatable bonds is 3. The summed E-state index contributed by atoms with van der Waals surface area (Å²) in [6.45, 7) is 3.58. The van der Waals surface area contributed by atoms with Crippen LogP contribution in [-0.2, 0) is 13.0 Å². The molecular formula is C20H19N3O. The molecule has 2 heterocycles. The minimum absolute atomic E-state index is 0.679. The van der Waals surface area contributed by atoms with Crippen molar-refractivity contribution in [3.05, 3.63) is 77.0 Å². The van der Waals surface area contributed by atoms with Gasteiger partial charge in [0.1, 0.15) is 5.82 Å². The maximum absolute atomic E-state index is 11.7. The molecule has 1 aliphatic rings. The molecule has 2 aromatic carbocycles. The third kappa shape index (κ3) is 2.40. The van der Waals surface area contributed by atoms with Gasteiger partial charge in [-0.3, -0.25) is 4.79 Å². The van der Waals surface area contributed by atoms with Gasteiger partial charge in [0, 0.05) is 13.1 Å². The molecule has 0 N–H and O–H groups in total. The predicted octanol–water partition coefficient (Wildman–Crippen LogP) is 3.56. The Hall–Kier alpha value is -2.88. The molecule has 120 valence electrons. The van der Waals surface area contributed by atoms with Crippen LogP contribution in [0.5, 0.6) is 0 Å². The average Bonchev–Trinajstić information content (AvgIpc) is 2.98. The van der Waals surface area contributed by atoms with Gasteiger partial charge in [0.15, 0.2) is 6.29 Å². The molecule has 0 bridgehead atoms. The third-order valence-electron chi connectivity index (χ3n) is 4.63. The molecule has 0 aliphatic carbocycles. The van der Waals surface area contributed by atoms with E-state index in [4.69, 9.17) is 0 Å². The van der Waals surface area contributed by atoms with E-state index < -0.39 is 0 Å². The van der Waals surface area contributed by atoms with Gasteiger partial charge in [-0.1, -0.05) is 42.5 Å². The minimum Gasteiger partial charge on any atom is -0.351 e. The lowest BCUT2D eigenvalue weighted by atomic mass is 9.99. The summed E-state index contributed by atoms with van der Waals surface area (Å²) in [5.41, 5.74) is 5.13. The molecule has 0 saturated heterocycles. The summed E-state index contributed by atoms with van der Waals surface area (Å²) in [5, 5.41) is 4.63. The first-order valence-corrected chi connectivity index (χ1v) is 8.20. The Morgan fingerprint density at radius 3 is 2.46 bits per heavy atom. The van der Waals surface area contributed by atoms with Crippen molar-refractivity contribution in [3.63, 3.8) is 0 Å². The Morgan fingerprint density at radius 2 is 1.71 bits per heavy atom. The van der Waals surface area contributed by atoms with Gasteiger partial charge < -0.3 is 4.90 Å². The van der Waals surface area contributed by atoms with Crippen LogP contribution in [0.25, 0.3) is 5.69 Å². The highest BCUT2D eigenvalue weighted by Crippen LogP contribution is 2.30. The molecule has 4 heteroatoms. The zero-order valence-corrected chi connectivity index (χ0v) is 13.6. The normalized spacial score (nSPS) is 13.6. The highest BCUT2D eigenvalue weighted by molar-refractivity contribution is 5.85. The van der Waals surface area contributed by atoms with Crippen LogP contribution in [-0.4, -0.2) is 22.6 Å². The number of benzene rings is 2. The molecule has 0 saturated carbocycles. The molecule has 0 radical (unpaired) electrons. The standard InChI is InChI=1S/C20H19N3O/c1-15-19(14-24)20(23(21-15)18-9-3-2-4-10-18)22-12-11-16-7-5-6-8-17(16)13-22/h2-10,14H,11-13H2,1H3. The summed E-state index contributed by atoms with van der Waals surface area (Å²) < 4.78 is 1.90. The zero-order valence-electron chi connectivity index (χ0n) is 13.6. The number of hydrogen-bond donors (Lipinski definition) is 0. The number of hydrogen-bond acceptors (Lipinski definition) is 3. The van der Waals surface area contributed by atoms with Crippen molar-refractivity contribution in [1.82, 2.24) is 9.78 Å². The summed E-state index contributed by atoms with van der Waals surface area (Å²) in [6, 6.07) is 18.5. The summed E-state index contributed by atoms with van der Waals surface area (Å²) in [5.74, 6) is 0.892. The number of carbonyl (C=O) groups is 1. The van der Waals surface area contributed by atoms with E-state index in [-0.39, 0.29) is 0 Å². The monoisotopic (exact) mass is 317 g/mol. The molecular weight excluding hydrogens is 298 g/mol. The molecule has 3 aromatic rings. The Bertz CT molecular complexity index is 883. The first kappa shape index (κ1) is 14.7. The maximum Gasteiger partial charge on any atom is 0.155 e. The zero-order chi connectivity index (χ0) is 16.5. The number of aromatic nitrogens is 2. The van der Waals surface area contributed by atoms with E-state index in [1.165, 1.54) is 11.1 Å². The number of carbonyl (C=O) groups excluding carboxylic acids is 1. The predicted molar refractivity (Wildman–Crippen MR) is 94.9 cm³/mol. The van der Waals surface area contributed by atoms with Crippen LogP contribution < -0.4 is 4.90 Å². The molecule has 0 atom stereocenters. The number of anilines is 1. The Morgan fingerprint density at radius 1 is 1.00 bits per heavy atom. The van der Waals surface area contributed by atoms with Crippen LogP contribution >= 0.6 is 0 Å². The number of para-hydroxylation sites is 1. The van der Waals surface area contributed by atoms with Gasteiger partial charge in [0.2, 0.25) is 0 Å². The van der Waals surface area contributed by atoms with Crippen LogP contribution in [0.15, 0.2) is 54.6 Å². The van der Waals surface area contributed by atoms with E-state index >= 15 is 0 Å². The lowest BCUT2D eigenvalue weighted by molar-refractivity contribution is 0.112. The lowest BCUT2D eigenvalue weighted by Gasteiger charge is -2.31. The van der Waals surface area contributed by atoms with Gasteiger partial charge in [-0.15, -0.1) is 0 Å². The summed E-state index contributed by atoms with van der Waals surface area (Å²) in [7, 11) is 0. The molecule has 0 amide bonds. The largest absolute Gasteiger partial charge is 0.351 e.